The van der Waals surface area contributed by atoms with Gasteiger partial charge in [0.05, 0.1) is 18.1 Å². The van der Waals surface area contributed by atoms with Gasteiger partial charge in [0.1, 0.15) is 0 Å². The number of ether oxygens (including phenoxy) is 1. The fraction of sp³-hybridized carbons (Fsp3) is 0.533. The molecule has 128 valence electrons. The van der Waals surface area contributed by atoms with Crippen molar-refractivity contribution < 1.29 is 17.9 Å². The Hall–Kier alpha value is -1.09. The van der Waals surface area contributed by atoms with Gasteiger partial charge in [0.2, 0.25) is 15.9 Å². The molecule has 1 aromatic carbocycles. The van der Waals surface area contributed by atoms with Crippen LogP contribution in [0.3, 0.4) is 0 Å². The van der Waals surface area contributed by atoms with Crippen LogP contribution in [0.5, 0.6) is 0 Å². The summed E-state index contributed by atoms with van der Waals surface area (Å²) in [7, 11) is -3.56. The van der Waals surface area contributed by atoms with Crippen LogP contribution in [0.15, 0.2) is 29.2 Å². The highest BCUT2D eigenvalue weighted by molar-refractivity contribution is 7.98. The van der Waals surface area contributed by atoms with Crippen LogP contribution in [0.1, 0.15) is 12.0 Å². The number of nitrogens with zero attached hydrogens (tertiary/aromatic N) is 1. The summed E-state index contributed by atoms with van der Waals surface area (Å²) in [4.78, 5) is 12.0. The van der Waals surface area contributed by atoms with E-state index in [0.29, 0.717) is 38.3 Å². The predicted octanol–water partition coefficient (Wildman–Crippen LogP) is 1.08. The zero-order chi connectivity index (χ0) is 16.7. The maximum absolute atomic E-state index is 12.8. The van der Waals surface area contributed by atoms with Gasteiger partial charge in [0.15, 0.2) is 0 Å². The summed E-state index contributed by atoms with van der Waals surface area (Å²) in [5.41, 5.74) is 0.608. The zero-order valence-corrected chi connectivity index (χ0v) is 14.8. The van der Waals surface area contributed by atoms with Crippen LogP contribution in [0.2, 0.25) is 0 Å². The van der Waals surface area contributed by atoms with E-state index < -0.39 is 10.0 Å². The number of nitrogens with one attached hydrogen (secondary N) is 1. The fourth-order valence-corrected chi connectivity index (χ4v) is 4.32. The van der Waals surface area contributed by atoms with Crippen molar-refractivity contribution in [1.82, 2.24) is 9.62 Å². The molecule has 1 amide bonds. The molecule has 1 saturated heterocycles. The Morgan fingerprint density at radius 3 is 2.70 bits per heavy atom. The Morgan fingerprint density at radius 2 is 2.00 bits per heavy atom. The number of sulfonamides is 1. The number of amides is 1. The Morgan fingerprint density at radius 1 is 1.30 bits per heavy atom. The molecule has 0 atom stereocenters. The monoisotopic (exact) mass is 358 g/mol. The topological polar surface area (TPSA) is 75.7 Å². The van der Waals surface area contributed by atoms with E-state index in [1.54, 1.807) is 36.0 Å². The molecular weight excluding hydrogens is 336 g/mol. The van der Waals surface area contributed by atoms with Gasteiger partial charge >= 0.3 is 0 Å². The van der Waals surface area contributed by atoms with Gasteiger partial charge in [-0.15, -0.1) is 0 Å². The van der Waals surface area contributed by atoms with Crippen LogP contribution < -0.4 is 5.32 Å². The number of rotatable bonds is 7. The van der Waals surface area contributed by atoms with E-state index in [2.05, 4.69) is 5.32 Å². The number of hydrogen-bond donors (Lipinski definition) is 1. The average Bonchev–Trinajstić information content (AvgIpc) is 2.59. The second kappa shape index (κ2) is 8.68. The van der Waals surface area contributed by atoms with Crippen LogP contribution in [0, 0.1) is 0 Å². The number of thioether (sulfide) groups is 1. The summed E-state index contributed by atoms with van der Waals surface area (Å²) in [6.45, 7) is 1.75. The molecule has 23 heavy (non-hydrogen) atoms. The van der Waals surface area contributed by atoms with Crippen molar-refractivity contribution >= 4 is 27.7 Å². The van der Waals surface area contributed by atoms with Gasteiger partial charge in [-0.3, -0.25) is 4.79 Å². The van der Waals surface area contributed by atoms with Crippen molar-refractivity contribution in [3.63, 3.8) is 0 Å². The summed E-state index contributed by atoms with van der Waals surface area (Å²) < 4.78 is 32.2. The molecule has 0 saturated carbocycles. The Bertz CT molecular complexity index is 628. The molecule has 0 aliphatic carbocycles. The second-order valence-corrected chi connectivity index (χ2v) is 8.04. The molecule has 2 rings (SSSR count). The highest BCUT2D eigenvalue weighted by Gasteiger charge is 2.28. The van der Waals surface area contributed by atoms with Gasteiger partial charge in [-0.2, -0.15) is 16.1 Å². The largest absolute Gasteiger partial charge is 0.379 e. The molecule has 1 fully saturated rings. The van der Waals surface area contributed by atoms with Crippen LogP contribution >= 0.6 is 11.8 Å². The summed E-state index contributed by atoms with van der Waals surface area (Å²) >= 11 is 1.60. The number of hydrogen-bond acceptors (Lipinski definition) is 5. The molecule has 0 bridgehead atoms. The highest BCUT2D eigenvalue weighted by Crippen LogP contribution is 2.21. The number of benzene rings is 1. The van der Waals surface area contributed by atoms with E-state index in [-0.39, 0.29) is 17.3 Å². The van der Waals surface area contributed by atoms with Gasteiger partial charge in [-0.25, -0.2) is 8.42 Å². The van der Waals surface area contributed by atoms with E-state index in [4.69, 9.17) is 4.74 Å². The number of morpholine rings is 1. The van der Waals surface area contributed by atoms with Crippen LogP contribution in [0.4, 0.5) is 0 Å². The molecule has 0 unspecified atom stereocenters. The first kappa shape index (κ1) is 18.3. The van der Waals surface area contributed by atoms with Crippen LogP contribution in [-0.4, -0.2) is 56.9 Å². The molecule has 6 nitrogen and oxygen atoms in total. The molecule has 1 heterocycles. The molecule has 0 aromatic heterocycles. The van der Waals surface area contributed by atoms with Gasteiger partial charge in [-0.05, 0) is 17.9 Å². The van der Waals surface area contributed by atoms with E-state index in [1.807, 2.05) is 6.26 Å². The molecule has 0 radical (unpaired) electrons. The van der Waals surface area contributed by atoms with Gasteiger partial charge in [0.25, 0.3) is 0 Å². The lowest BCUT2D eigenvalue weighted by atomic mass is 10.2. The minimum atomic E-state index is -3.56. The van der Waals surface area contributed by atoms with E-state index in [0.717, 1.165) is 5.75 Å². The minimum absolute atomic E-state index is 0.0714. The van der Waals surface area contributed by atoms with E-state index >= 15 is 0 Å². The first-order valence-electron chi connectivity index (χ1n) is 7.47. The average molecular weight is 358 g/mol. The quantitative estimate of drug-likeness (QED) is 0.789. The fourth-order valence-electron chi connectivity index (χ4n) is 2.30. The van der Waals surface area contributed by atoms with Crippen molar-refractivity contribution in [1.29, 1.82) is 0 Å². The minimum Gasteiger partial charge on any atom is -0.379 e. The molecule has 1 aromatic rings. The van der Waals surface area contributed by atoms with Gasteiger partial charge < -0.3 is 10.1 Å². The summed E-state index contributed by atoms with van der Waals surface area (Å²) in [6, 6.07) is 6.81. The first-order chi connectivity index (χ1) is 11.1. The third-order valence-corrected chi connectivity index (χ3v) is 6.18. The Kier molecular flexibility index (Phi) is 6.88. The lowest BCUT2D eigenvalue weighted by Crippen LogP contribution is -2.41. The SMILES string of the molecule is CSCCC(=O)NCc1ccccc1S(=O)(=O)N1CCOCC1. The molecular formula is C15H22N2O4S2. The third kappa shape index (κ3) is 4.94. The molecule has 1 N–H and O–H groups in total. The summed E-state index contributed by atoms with van der Waals surface area (Å²) in [5.74, 6) is 0.678. The first-order valence-corrected chi connectivity index (χ1v) is 10.3. The maximum atomic E-state index is 12.8. The van der Waals surface area contributed by atoms with Crippen LogP contribution in [-0.2, 0) is 26.1 Å². The van der Waals surface area contributed by atoms with E-state index in [1.165, 1.54) is 4.31 Å². The molecule has 8 heteroatoms. The van der Waals surface area contributed by atoms with Gasteiger partial charge in [0, 0.05) is 31.8 Å². The molecule has 1 aliphatic rings. The number of carbonyl (C=O) groups excluding carboxylic acids is 1. The Labute approximate surface area is 141 Å². The lowest BCUT2D eigenvalue weighted by Gasteiger charge is -2.27. The predicted molar refractivity (Wildman–Crippen MR) is 90.9 cm³/mol. The summed E-state index contributed by atoms with van der Waals surface area (Å²) in [6.07, 6.45) is 2.37. The van der Waals surface area contributed by atoms with Crippen molar-refractivity contribution in [2.75, 3.05) is 38.3 Å². The smallest absolute Gasteiger partial charge is 0.243 e. The van der Waals surface area contributed by atoms with Crippen molar-refractivity contribution in [2.45, 2.75) is 17.9 Å². The van der Waals surface area contributed by atoms with Crippen LogP contribution in [0.25, 0.3) is 0 Å². The van der Waals surface area contributed by atoms with E-state index in [9.17, 15) is 13.2 Å². The molecule has 1 aliphatic heterocycles. The second-order valence-electron chi connectivity index (χ2n) is 5.14. The number of carbonyl (C=O) groups is 1. The highest BCUT2D eigenvalue weighted by atomic mass is 32.2. The van der Waals surface area contributed by atoms with Crippen molar-refractivity contribution in [2.24, 2.45) is 0 Å². The van der Waals surface area contributed by atoms with Crippen molar-refractivity contribution in [3.8, 4) is 0 Å². The van der Waals surface area contributed by atoms with Crippen molar-refractivity contribution in [3.05, 3.63) is 29.8 Å². The molecule has 0 spiro atoms. The van der Waals surface area contributed by atoms with Gasteiger partial charge in [-0.1, -0.05) is 18.2 Å². The third-order valence-electron chi connectivity index (χ3n) is 3.57. The zero-order valence-electron chi connectivity index (χ0n) is 13.2. The maximum Gasteiger partial charge on any atom is 0.243 e. The Balaban J connectivity index is 2.12. The lowest BCUT2D eigenvalue weighted by molar-refractivity contribution is -0.120. The standard InChI is InChI=1S/C15H22N2O4S2/c1-22-11-6-15(18)16-12-13-4-2-3-5-14(13)23(19,20)17-7-9-21-10-8-17/h2-5H,6-12H2,1H3,(H,16,18). The summed E-state index contributed by atoms with van der Waals surface area (Å²) in [5, 5.41) is 2.79. The normalized spacial score (nSPS) is 16.2.